The zero-order valence-electron chi connectivity index (χ0n) is 10.6. The van der Waals surface area contributed by atoms with E-state index in [0.29, 0.717) is 0 Å². The first-order valence-electron chi connectivity index (χ1n) is 5.99. The zero-order valence-corrected chi connectivity index (χ0v) is 10.6. The van der Waals surface area contributed by atoms with Gasteiger partial charge in [0.15, 0.2) is 0 Å². The van der Waals surface area contributed by atoms with Gasteiger partial charge < -0.3 is 9.64 Å². The van der Waals surface area contributed by atoms with Crippen LogP contribution in [0.15, 0.2) is 54.8 Å². The minimum Gasteiger partial charge on any atom is -0.467 e. The summed E-state index contributed by atoms with van der Waals surface area (Å²) in [4.78, 5) is 13.8. The molecule has 1 aliphatic heterocycles. The fourth-order valence-corrected chi connectivity index (χ4v) is 2.11. The molecule has 0 radical (unpaired) electrons. The average Bonchev–Trinajstić information content (AvgIpc) is 2.46. The van der Waals surface area contributed by atoms with Crippen molar-refractivity contribution in [2.24, 2.45) is 0 Å². The lowest BCUT2D eigenvalue weighted by atomic mass is 10.0. The van der Waals surface area contributed by atoms with Crippen molar-refractivity contribution >= 4 is 5.97 Å². The maximum absolute atomic E-state index is 11.8. The molecule has 3 heteroatoms. The van der Waals surface area contributed by atoms with Gasteiger partial charge in [-0.1, -0.05) is 42.5 Å². The summed E-state index contributed by atoms with van der Waals surface area (Å²) in [7, 11) is 1.42. The molecule has 0 N–H and O–H groups in total. The highest BCUT2D eigenvalue weighted by atomic mass is 16.5. The molecule has 0 saturated carbocycles. The first-order valence-corrected chi connectivity index (χ1v) is 5.99. The lowest BCUT2D eigenvalue weighted by Crippen LogP contribution is -2.39. The molecule has 0 bridgehead atoms. The van der Waals surface area contributed by atoms with Gasteiger partial charge in [0, 0.05) is 6.20 Å². The van der Waals surface area contributed by atoms with E-state index in [4.69, 9.17) is 4.74 Å². The van der Waals surface area contributed by atoms with Crippen LogP contribution in [-0.4, -0.2) is 24.0 Å². The molecule has 0 aromatic heterocycles. The highest BCUT2D eigenvalue weighted by Gasteiger charge is 2.27. The summed E-state index contributed by atoms with van der Waals surface area (Å²) < 4.78 is 4.84. The number of hydrogen-bond acceptors (Lipinski definition) is 3. The summed E-state index contributed by atoms with van der Waals surface area (Å²) in [6.45, 7) is 2.08. The number of benzene rings is 1. The highest BCUT2D eigenvalue weighted by Crippen LogP contribution is 2.25. The van der Waals surface area contributed by atoms with Gasteiger partial charge in [-0.05, 0) is 18.6 Å². The first kappa shape index (κ1) is 12.4. The molecular formula is C15H17NO2. The van der Waals surface area contributed by atoms with E-state index in [1.54, 1.807) is 0 Å². The van der Waals surface area contributed by atoms with Crippen molar-refractivity contribution in [2.45, 2.75) is 19.0 Å². The zero-order chi connectivity index (χ0) is 13.0. The van der Waals surface area contributed by atoms with Crippen LogP contribution in [-0.2, 0) is 9.53 Å². The molecule has 0 saturated heterocycles. The first-order chi connectivity index (χ1) is 8.74. The minimum atomic E-state index is -0.352. The summed E-state index contributed by atoms with van der Waals surface area (Å²) in [6, 6.07) is 9.88. The van der Waals surface area contributed by atoms with Crippen molar-refractivity contribution in [3.8, 4) is 0 Å². The summed E-state index contributed by atoms with van der Waals surface area (Å²) in [5, 5.41) is 0. The molecule has 2 atom stereocenters. The van der Waals surface area contributed by atoms with E-state index in [1.165, 1.54) is 12.7 Å². The van der Waals surface area contributed by atoms with Crippen LogP contribution in [0, 0.1) is 0 Å². The Hall–Kier alpha value is -2.03. The second-order valence-electron chi connectivity index (χ2n) is 4.23. The lowest BCUT2D eigenvalue weighted by molar-refractivity contribution is -0.144. The van der Waals surface area contributed by atoms with E-state index in [-0.39, 0.29) is 18.1 Å². The van der Waals surface area contributed by atoms with Crippen LogP contribution in [0.3, 0.4) is 0 Å². The van der Waals surface area contributed by atoms with Gasteiger partial charge in [0.1, 0.15) is 6.04 Å². The van der Waals surface area contributed by atoms with Crippen molar-refractivity contribution in [1.82, 2.24) is 4.90 Å². The topological polar surface area (TPSA) is 29.5 Å². The lowest BCUT2D eigenvalue weighted by Gasteiger charge is -2.34. The third-order valence-corrected chi connectivity index (χ3v) is 3.16. The number of ether oxygens (including phenoxy) is 1. The average molecular weight is 243 g/mol. The number of allylic oxidation sites excluding steroid dienone is 2. The predicted octanol–water partition coefficient (Wildman–Crippen LogP) is 2.67. The fraction of sp³-hybridized carbons (Fsp3) is 0.267. The Morgan fingerprint density at radius 2 is 2.00 bits per heavy atom. The number of methoxy groups -OCH3 is 1. The Bertz CT molecular complexity index is 465. The number of carbonyl (C=O) groups is 1. The Morgan fingerprint density at radius 3 is 2.67 bits per heavy atom. The molecule has 1 aromatic carbocycles. The maximum Gasteiger partial charge on any atom is 0.332 e. The Morgan fingerprint density at radius 1 is 1.28 bits per heavy atom. The second kappa shape index (κ2) is 5.54. The number of hydrogen-bond donors (Lipinski definition) is 0. The van der Waals surface area contributed by atoms with Crippen LogP contribution < -0.4 is 0 Å². The summed E-state index contributed by atoms with van der Waals surface area (Å²) in [6.07, 6.45) is 7.58. The van der Waals surface area contributed by atoms with E-state index >= 15 is 0 Å². The molecule has 1 unspecified atom stereocenters. The van der Waals surface area contributed by atoms with Crippen molar-refractivity contribution in [2.75, 3.05) is 7.11 Å². The van der Waals surface area contributed by atoms with E-state index in [1.807, 2.05) is 47.5 Å². The van der Waals surface area contributed by atoms with Crippen molar-refractivity contribution in [3.63, 3.8) is 0 Å². The van der Waals surface area contributed by atoms with Crippen LogP contribution in [0.2, 0.25) is 0 Å². The summed E-state index contributed by atoms with van der Waals surface area (Å²) in [5.74, 6) is -0.238. The maximum atomic E-state index is 11.8. The van der Waals surface area contributed by atoms with Crippen LogP contribution in [0.25, 0.3) is 0 Å². The number of esters is 1. The normalized spacial score (nSPS) is 19.7. The van der Waals surface area contributed by atoms with E-state index < -0.39 is 0 Å². The predicted molar refractivity (Wildman–Crippen MR) is 70.8 cm³/mol. The van der Waals surface area contributed by atoms with Crippen LogP contribution >= 0.6 is 0 Å². The molecular weight excluding hydrogens is 226 g/mol. The van der Waals surface area contributed by atoms with Gasteiger partial charge >= 0.3 is 5.97 Å². The van der Waals surface area contributed by atoms with Crippen LogP contribution in [0.4, 0.5) is 0 Å². The van der Waals surface area contributed by atoms with Gasteiger partial charge in [-0.25, -0.2) is 4.79 Å². The Balaban J connectivity index is 2.23. The molecule has 94 valence electrons. The van der Waals surface area contributed by atoms with Crippen LogP contribution in [0.1, 0.15) is 18.5 Å². The van der Waals surface area contributed by atoms with Gasteiger partial charge in [0.25, 0.3) is 0 Å². The van der Waals surface area contributed by atoms with Gasteiger partial charge in [-0.2, -0.15) is 0 Å². The van der Waals surface area contributed by atoms with E-state index in [9.17, 15) is 4.79 Å². The molecule has 1 aromatic rings. The molecule has 18 heavy (non-hydrogen) atoms. The minimum absolute atomic E-state index is 0.122. The highest BCUT2D eigenvalue weighted by molar-refractivity contribution is 5.78. The van der Waals surface area contributed by atoms with Gasteiger partial charge in [0.2, 0.25) is 0 Å². The molecule has 0 spiro atoms. The summed E-state index contributed by atoms with van der Waals surface area (Å²) >= 11 is 0. The standard InChI is InChI=1S/C15H17NO2/c1-12(13-8-4-3-5-9-13)16-11-7-6-10-14(16)15(17)18-2/h3-12,14H,1-2H3/t12-,14?/m0/s1. The molecule has 1 aliphatic rings. The molecule has 0 fully saturated rings. The van der Waals surface area contributed by atoms with Crippen molar-refractivity contribution in [3.05, 3.63) is 60.3 Å². The third kappa shape index (κ3) is 2.45. The van der Waals surface area contributed by atoms with E-state index in [0.717, 1.165) is 0 Å². The number of nitrogens with zero attached hydrogens (tertiary/aromatic N) is 1. The van der Waals surface area contributed by atoms with E-state index in [2.05, 4.69) is 19.1 Å². The molecule has 1 heterocycles. The SMILES string of the molecule is COC(=O)C1C=CC=CN1[C@@H](C)c1ccccc1. The quantitative estimate of drug-likeness (QED) is 0.764. The van der Waals surface area contributed by atoms with Crippen molar-refractivity contribution < 1.29 is 9.53 Å². The van der Waals surface area contributed by atoms with Gasteiger partial charge in [-0.15, -0.1) is 0 Å². The van der Waals surface area contributed by atoms with Gasteiger partial charge in [-0.3, -0.25) is 0 Å². The third-order valence-electron chi connectivity index (χ3n) is 3.16. The second-order valence-corrected chi connectivity index (χ2v) is 4.23. The van der Waals surface area contributed by atoms with Crippen LogP contribution in [0.5, 0.6) is 0 Å². The molecule has 2 rings (SSSR count). The molecule has 0 aliphatic carbocycles. The molecule has 0 amide bonds. The Labute approximate surface area is 107 Å². The Kier molecular flexibility index (Phi) is 3.82. The molecule has 3 nitrogen and oxygen atoms in total. The number of carbonyl (C=O) groups excluding carboxylic acids is 1. The largest absolute Gasteiger partial charge is 0.467 e. The smallest absolute Gasteiger partial charge is 0.332 e. The monoisotopic (exact) mass is 243 g/mol. The fourth-order valence-electron chi connectivity index (χ4n) is 2.11. The van der Waals surface area contributed by atoms with Crippen molar-refractivity contribution in [1.29, 1.82) is 0 Å². The number of rotatable bonds is 3. The van der Waals surface area contributed by atoms with Gasteiger partial charge in [0.05, 0.1) is 13.2 Å². The summed E-state index contributed by atoms with van der Waals surface area (Å²) in [5.41, 5.74) is 1.17.